The zero-order valence-electron chi connectivity index (χ0n) is 10.0. The van der Waals surface area contributed by atoms with Crippen LogP contribution in [0, 0.1) is 11.8 Å². The number of hydrogen-bond donors (Lipinski definition) is 1. The monoisotopic (exact) mass is 218 g/mol. The van der Waals surface area contributed by atoms with Crippen LogP contribution in [-0.4, -0.2) is 14.5 Å². The quantitative estimate of drug-likeness (QED) is 0.860. The van der Waals surface area contributed by atoms with Gasteiger partial charge in [0.1, 0.15) is 5.52 Å². The SMILES string of the molecule is CC(C)C(C)Cn1c(N)nc2cnccc21. The van der Waals surface area contributed by atoms with Crippen LogP contribution >= 0.6 is 0 Å². The summed E-state index contributed by atoms with van der Waals surface area (Å²) in [5, 5.41) is 0. The predicted octanol–water partition coefficient (Wildman–Crippen LogP) is 2.31. The van der Waals surface area contributed by atoms with E-state index in [1.54, 1.807) is 12.4 Å². The Morgan fingerprint density at radius 2 is 2.12 bits per heavy atom. The van der Waals surface area contributed by atoms with Gasteiger partial charge in [-0.2, -0.15) is 0 Å². The molecule has 86 valence electrons. The predicted molar refractivity (Wildman–Crippen MR) is 65.9 cm³/mol. The maximum absolute atomic E-state index is 5.93. The van der Waals surface area contributed by atoms with Crippen LogP contribution in [-0.2, 0) is 6.54 Å². The minimum absolute atomic E-state index is 0.577. The largest absolute Gasteiger partial charge is 0.369 e. The number of nitrogens with zero attached hydrogens (tertiary/aromatic N) is 3. The van der Waals surface area contributed by atoms with Gasteiger partial charge in [-0.05, 0) is 17.9 Å². The highest BCUT2D eigenvalue weighted by Gasteiger charge is 2.13. The lowest BCUT2D eigenvalue weighted by Crippen LogP contribution is -2.14. The van der Waals surface area contributed by atoms with Crippen molar-refractivity contribution in [3.63, 3.8) is 0 Å². The summed E-state index contributed by atoms with van der Waals surface area (Å²) in [6.45, 7) is 7.59. The molecule has 0 saturated heterocycles. The van der Waals surface area contributed by atoms with Gasteiger partial charge >= 0.3 is 0 Å². The number of rotatable bonds is 3. The van der Waals surface area contributed by atoms with Crippen molar-refractivity contribution in [1.82, 2.24) is 14.5 Å². The smallest absolute Gasteiger partial charge is 0.201 e. The van der Waals surface area contributed by atoms with Gasteiger partial charge in [0.2, 0.25) is 5.95 Å². The third-order valence-electron chi connectivity index (χ3n) is 3.19. The Morgan fingerprint density at radius 3 is 2.81 bits per heavy atom. The molecule has 2 rings (SSSR count). The van der Waals surface area contributed by atoms with Crippen molar-refractivity contribution in [1.29, 1.82) is 0 Å². The lowest BCUT2D eigenvalue weighted by Gasteiger charge is -2.17. The summed E-state index contributed by atoms with van der Waals surface area (Å²) in [7, 11) is 0. The number of aromatic nitrogens is 3. The van der Waals surface area contributed by atoms with E-state index in [0.717, 1.165) is 17.6 Å². The maximum atomic E-state index is 5.93. The summed E-state index contributed by atoms with van der Waals surface area (Å²) < 4.78 is 2.07. The standard InChI is InChI=1S/C12H18N4/c1-8(2)9(3)7-16-11-4-5-14-6-10(11)15-12(16)13/h4-6,8-9H,7H2,1-3H3,(H2,13,15). The second-order valence-corrected chi connectivity index (χ2v) is 4.67. The molecule has 0 saturated carbocycles. The highest BCUT2D eigenvalue weighted by molar-refractivity contribution is 5.76. The number of nitrogens with two attached hydrogens (primary N) is 1. The van der Waals surface area contributed by atoms with Gasteiger partial charge < -0.3 is 10.3 Å². The van der Waals surface area contributed by atoms with E-state index in [-0.39, 0.29) is 0 Å². The van der Waals surface area contributed by atoms with Crippen molar-refractivity contribution in [2.75, 3.05) is 5.73 Å². The van der Waals surface area contributed by atoms with Crippen molar-refractivity contribution < 1.29 is 0 Å². The van der Waals surface area contributed by atoms with E-state index >= 15 is 0 Å². The lowest BCUT2D eigenvalue weighted by atomic mass is 9.98. The van der Waals surface area contributed by atoms with Crippen LogP contribution in [0.1, 0.15) is 20.8 Å². The number of hydrogen-bond acceptors (Lipinski definition) is 3. The molecule has 2 heterocycles. The van der Waals surface area contributed by atoms with E-state index in [0.29, 0.717) is 17.8 Å². The summed E-state index contributed by atoms with van der Waals surface area (Å²) >= 11 is 0. The molecule has 0 aliphatic rings. The molecule has 0 aliphatic carbocycles. The Kier molecular flexibility index (Phi) is 2.81. The molecule has 2 aromatic rings. The Morgan fingerprint density at radius 1 is 1.38 bits per heavy atom. The molecule has 1 unspecified atom stereocenters. The third kappa shape index (κ3) is 1.87. The fourth-order valence-corrected chi connectivity index (χ4v) is 1.69. The van der Waals surface area contributed by atoms with E-state index < -0.39 is 0 Å². The van der Waals surface area contributed by atoms with Gasteiger partial charge in [0.15, 0.2) is 0 Å². The minimum atomic E-state index is 0.577. The number of anilines is 1. The van der Waals surface area contributed by atoms with Crippen LogP contribution in [0.4, 0.5) is 5.95 Å². The molecule has 0 aromatic carbocycles. The van der Waals surface area contributed by atoms with E-state index in [1.807, 2.05) is 6.07 Å². The fraction of sp³-hybridized carbons (Fsp3) is 0.500. The zero-order valence-corrected chi connectivity index (χ0v) is 10.0. The van der Waals surface area contributed by atoms with E-state index in [9.17, 15) is 0 Å². The molecule has 0 radical (unpaired) electrons. The molecule has 2 N–H and O–H groups in total. The Labute approximate surface area is 95.5 Å². The molecule has 4 heteroatoms. The summed E-state index contributed by atoms with van der Waals surface area (Å²) in [5.41, 5.74) is 7.87. The topological polar surface area (TPSA) is 56.7 Å². The lowest BCUT2D eigenvalue weighted by molar-refractivity contribution is 0.371. The van der Waals surface area contributed by atoms with E-state index in [4.69, 9.17) is 5.73 Å². The Bertz CT molecular complexity index is 487. The summed E-state index contributed by atoms with van der Waals surface area (Å²) in [6.07, 6.45) is 3.53. The van der Waals surface area contributed by atoms with Crippen LogP contribution in [0.15, 0.2) is 18.5 Å². The number of fused-ring (bicyclic) bond motifs is 1. The van der Waals surface area contributed by atoms with Crippen molar-refractivity contribution in [3.05, 3.63) is 18.5 Å². The van der Waals surface area contributed by atoms with Crippen LogP contribution in [0.3, 0.4) is 0 Å². The first-order valence-corrected chi connectivity index (χ1v) is 5.65. The van der Waals surface area contributed by atoms with Crippen LogP contribution in [0.25, 0.3) is 11.0 Å². The second kappa shape index (κ2) is 4.12. The van der Waals surface area contributed by atoms with Crippen molar-refractivity contribution >= 4 is 17.0 Å². The first-order chi connectivity index (χ1) is 7.59. The number of pyridine rings is 1. The molecule has 16 heavy (non-hydrogen) atoms. The minimum Gasteiger partial charge on any atom is -0.369 e. The molecular weight excluding hydrogens is 200 g/mol. The van der Waals surface area contributed by atoms with Gasteiger partial charge in [-0.15, -0.1) is 0 Å². The number of imidazole rings is 1. The van der Waals surface area contributed by atoms with Gasteiger partial charge in [-0.1, -0.05) is 20.8 Å². The molecular formula is C12H18N4. The fourth-order valence-electron chi connectivity index (χ4n) is 1.69. The third-order valence-corrected chi connectivity index (χ3v) is 3.19. The van der Waals surface area contributed by atoms with Gasteiger partial charge in [-0.3, -0.25) is 4.98 Å². The highest BCUT2D eigenvalue weighted by Crippen LogP contribution is 2.20. The molecule has 1 atom stereocenters. The average Bonchev–Trinajstić information content (AvgIpc) is 2.55. The van der Waals surface area contributed by atoms with Crippen molar-refractivity contribution in [3.8, 4) is 0 Å². The van der Waals surface area contributed by atoms with Gasteiger partial charge in [-0.25, -0.2) is 4.98 Å². The number of nitrogen functional groups attached to an aromatic ring is 1. The first kappa shape index (κ1) is 10.9. The summed E-state index contributed by atoms with van der Waals surface area (Å²) in [5.74, 6) is 1.79. The molecule has 0 amide bonds. The normalized spacial score (nSPS) is 13.5. The van der Waals surface area contributed by atoms with Gasteiger partial charge in [0.05, 0.1) is 11.7 Å². The van der Waals surface area contributed by atoms with Crippen LogP contribution in [0.2, 0.25) is 0 Å². The summed E-state index contributed by atoms with van der Waals surface area (Å²) in [6, 6.07) is 1.96. The van der Waals surface area contributed by atoms with Crippen LogP contribution in [0.5, 0.6) is 0 Å². The Balaban J connectivity index is 2.40. The van der Waals surface area contributed by atoms with Gasteiger partial charge in [0, 0.05) is 12.7 Å². The maximum Gasteiger partial charge on any atom is 0.201 e. The second-order valence-electron chi connectivity index (χ2n) is 4.67. The molecule has 0 aliphatic heterocycles. The van der Waals surface area contributed by atoms with Crippen LogP contribution < -0.4 is 5.73 Å². The molecule has 0 spiro atoms. The first-order valence-electron chi connectivity index (χ1n) is 5.65. The highest BCUT2D eigenvalue weighted by atomic mass is 15.2. The molecule has 0 fully saturated rings. The summed E-state index contributed by atoms with van der Waals surface area (Å²) in [4.78, 5) is 8.35. The van der Waals surface area contributed by atoms with Crippen molar-refractivity contribution in [2.45, 2.75) is 27.3 Å². The Hall–Kier alpha value is -1.58. The van der Waals surface area contributed by atoms with E-state index in [1.165, 1.54) is 0 Å². The molecule has 0 bridgehead atoms. The van der Waals surface area contributed by atoms with Gasteiger partial charge in [0.25, 0.3) is 0 Å². The zero-order chi connectivity index (χ0) is 11.7. The van der Waals surface area contributed by atoms with Crippen molar-refractivity contribution in [2.24, 2.45) is 11.8 Å². The molecule has 2 aromatic heterocycles. The van der Waals surface area contributed by atoms with E-state index in [2.05, 4.69) is 35.3 Å². The molecule has 4 nitrogen and oxygen atoms in total. The average molecular weight is 218 g/mol.